The molecule has 0 radical (unpaired) electrons. The minimum absolute atomic E-state index is 0.246. The van der Waals surface area contributed by atoms with Crippen LogP contribution in [0.3, 0.4) is 0 Å². The Labute approximate surface area is 202 Å². The molecule has 4 aromatic rings. The molecule has 0 atom stereocenters. The quantitative estimate of drug-likeness (QED) is 0.369. The maximum absolute atomic E-state index is 13.1. The van der Waals surface area contributed by atoms with Crippen molar-refractivity contribution >= 4 is 29.2 Å². The summed E-state index contributed by atoms with van der Waals surface area (Å²) < 4.78 is 7.11. The van der Waals surface area contributed by atoms with E-state index in [9.17, 15) is 9.59 Å². The van der Waals surface area contributed by atoms with Crippen LogP contribution in [0.5, 0.6) is 0 Å². The first-order chi connectivity index (χ1) is 16.6. The summed E-state index contributed by atoms with van der Waals surface area (Å²) in [4.78, 5) is 27.7. The number of ether oxygens (including phenoxy) is 1. The van der Waals surface area contributed by atoms with Crippen molar-refractivity contribution in [3.05, 3.63) is 101 Å². The molecular formula is C27H22ClN3O3. The molecule has 1 aromatic heterocycles. The van der Waals surface area contributed by atoms with Crippen LogP contribution in [-0.4, -0.2) is 34.8 Å². The van der Waals surface area contributed by atoms with E-state index in [1.807, 2.05) is 54.6 Å². The Balaban J connectivity index is 1.39. The van der Waals surface area contributed by atoms with Gasteiger partial charge in [-0.25, -0.2) is 9.48 Å². The van der Waals surface area contributed by atoms with Crippen LogP contribution in [0.1, 0.15) is 22.3 Å². The Bertz CT molecular complexity index is 1330. The van der Waals surface area contributed by atoms with Crippen LogP contribution in [-0.2, 0) is 16.0 Å². The van der Waals surface area contributed by atoms with Crippen molar-refractivity contribution in [3.63, 3.8) is 0 Å². The van der Waals surface area contributed by atoms with E-state index in [0.29, 0.717) is 17.3 Å². The number of halogens is 1. The molecule has 34 heavy (non-hydrogen) atoms. The average Bonchev–Trinajstić information content (AvgIpc) is 3.33. The van der Waals surface area contributed by atoms with Crippen LogP contribution in [0.25, 0.3) is 16.9 Å². The molecule has 0 saturated heterocycles. The van der Waals surface area contributed by atoms with Gasteiger partial charge in [0.2, 0.25) is 0 Å². The predicted octanol–water partition coefficient (Wildman–Crippen LogP) is 5.33. The lowest BCUT2D eigenvalue weighted by molar-refractivity contribution is -0.121. The van der Waals surface area contributed by atoms with Gasteiger partial charge in [0.1, 0.15) is 11.3 Å². The first-order valence-electron chi connectivity index (χ1n) is 11.1. The second-order valence-electron chi connectivity index (χ2n) is 8.03. The summed E-state index contributed by atoms with van der Waals surface area (Å²) in [5, 5.41) is 5.21. The highest BCUT2D eigenvalue weighted by Crippen LogP contribution is 2.28. The molecule has 6 nitrogen and oxygen atoms in total. The molecule has 1 aliphatic heterocycles. The molecule has 1 aliphatic rings. The average molecular weight is 472 g/mol. The number of fused-ring (bicyclic) bond motifs is 1. The van der Waals surface area contributed by atoms with E-state index in [1.165, 1.54) is 0 Å². The lowest BCUT2D eigenvalue weighted by atomic mass is 10.0. The van der Waals surface area contributed by atoms with Crippen LogP contribution in [0.15, 0.2) is 85.1 Å². The van der Waals surface area contributed by atoms with Crippen molar-refractivity contribution < 1.29 is 14.3 Å². The molecule has 0 fully saturated rings. The SMILES string of the molecule is O=C(OCC(=O)N1CCCc2ccccc21)c1cn(-c2ccccc2)nc1-c1ccc(Cl)cc1. The largest absolute Gasteiger partial charge is 0.452 e. The number of esters is 1. The molecule has 1 amide bonds. The normalized spacial score (nSPS) is 12.8. The molecule has 0 unspecified atom stereocenters. The summed E-state index contributed by atoms with van der Waals surface area (Å²) >= 11 is 6.04. The number of carbonyl (C=O) groups excluding carboxylic acids is 2. The van der Waals surface area contributed by atoms with Gasteiger partial charge in [-0.1, -0.05) is 60.1 Å². The van der Waals surface area contributed by atoms with Gasteiger partial charge in [0, 0.05) is 29.0 Å². The molecular weight excluding hydrogens is 450 g/mol. The highest BCUT2D eigenvalue weighted by molar-refractivity contribution is 6.30. The van der Waals surface area contributed by atoms with Crippen LogP contribution < -0.4 is 4.90 Å². The molecule has 0 saturated carbocycles. The third-order valence-corrected chi connectivity index (χ3v) is 6.06. The molecule has 0 bridgehead atoms. The number of aryl methyl sites for hydroxylation is 1. The van der Waals surface area contributed by atoms with Crippen molar-refractivity contribution in [1.82, 2.24) is 9.78 Å². The predicted molar refractivity (Wildman–Crippen MR) is 131 cm³/mol. The summed E-state index contributed by atoms with van der Waals surface area (Å²) in [6.45, 7) is 0.263. The van der Waals surface area contributed by atoms with Crippen LogP contribution in [0, 0.1) is 0 Å². The second-order valence-corrected chi connectivity index (χ2v) is 8.47. The van der Waals surface area contributed by atoms with Gasteiger partial charge in [-0.2, -0.15) is 5.10 Å². The van der Waals surface area contributed by atoms with E-state index in [0.717, 1.165) is 35.3 Å². The summed E-state index contributed by atoms with van der Waals surface area (Å²) in [6, 6.07) is 24.4. The minimum atomic E-state index is -0.606. The molecule has 5 rings (SSSR count). The maximum atomic E-state index is 13.1. The lowest BCUT2D eigenvalue weighted by Crippen LogP contribution is -2.38. The molecule has 170 valence electrons. The molecule has 0 aliphatic carbocycles. The third-order valence-electron chi connectivity index (χ3n) is 5.81. The Morgan fingerprint density at radius 3 is 2.47 bits per heavy atom. The number of rotatable bonds is 5. The van der Waals surface area contributed by atoms with Crippen LogP contribution >= 0.6 is 11.6 Å². The number of para-hydroxylation sites is 2. The fraction of sp³-hybridized carbons (Fsp3) is 0.148. The Kier molecular flexibility index (Phi) is 6.14. The number of nitrogens with zero attached hydrogens (tertiary/aromatic N) is 3. The van der Waals surface area contributed by atoms with Gasteiger partial charge in [-0.05, 0) is 48.7 Å². The van der Waals surface area contributed by atoms with Gasteiger partial charge in [-0.15, -0.1) is 0 Å². The van der Waals surface area contributed by atoms with Crippen molar-refractivity contribution in [2.45, 2.75) is 12.8 Å². The molecule has 0 spiro atoms. The number of aromatic nitrogens is 2. The van der Waals surface area contributed by atoms with Crippen LogP contribution in [0.4, 0.5) is 5.69 Å². The standard InChI is InChI=1S/C27H22ClN3O3/c28-21-14-12-20(13-15-21)26-23(17-31(29-26)22-9-2-1-3-10-22)27(33)34-18-25(32)30-16-6-8-19-7-4-5-11-24(19)30/h1-5,7,9-15,17H,6,8,16,18H2. The Morgan fingerprint density at radius 2 is 1.68 bits per heavy atom. The topological polar surface area (TPSA) is 64.4 Å². The van der Waals surface area contributed by atoms with E-state index >= 15 is 0 Å². The number of carbonyl (C=O) groups is 2. The Hall–Kier alpha value is -3.90. The monoisotopic (exact) mass is 471 g/mol. The fourth-order valence-corrected chi connectivity index (χ4v) is 4.26. The first kappa shape index (κ1) is 21.9. The summed E-state index contributed by atoms with van der Waals surface area (Å²) in [6.07, 6.45) is 3.44. The lowest BCUT2D eigenvalue weighted by Gasteiger charge is -2.29. The van der Waals surface area contributed by atoms with Crippen molar-refractivity contribution in [3.8, 4) is 16.9 Å². The molecule has 2 heterocycles. The fourth-order valence-electron chi connectivity index (χ4n) is 4.13. The van der Waals surface area contributed by atoms with Gasteiger partial charge in [-0.3, -0.25) is 4.79 Å². The van der Waals surface area contributed by atoms with E-state index in [-0.39, 0.29) is 18.1 Å². The van der Waals surface area contributed by atoms with Gasteiger partial charge in [0.15, 0.2) is 6.61 Å². The van der Waals surface area contributed by atoms with Gasteiger partial charge >= 0.3 is 5.97 Å². The number of amides is 1. The maximum Gasteiger partial charge on any atom is 0.342 e. The zero-order valence-corrected chi connectivity index (χ0v) is 19.1. The van der Waals surface area contributed by atoms with E-state index in [2.05, 4.69) is 5.10 Å². The van der Waals surface area contributed by atoms with Crippen molar-refractivity contribution in [1.29, 1.82) is 0 Å². The first-order valence-corrected chi connectivity index (χ1v) is 11.4. The highest BCUT2D eigenvalue weighted by atomic mass is 35.5. The van der Waals surface area contributed by atoms with E-state index in [4.69, 9.17) is 16.3 Å². The number of anilines is 1. The van der Waals surface area contributed by atoms with Crippen LogP contribution in [0.2, 0.25) is 5.02 Å². The smallest absolute Gasteiger partial charge is 0.342 e. The van der Waals surface area contributed by atoms with Crippen molar-refractivity contribution in [2.75, 3.05) is 18.1 Å². The molecule has 7 heteroatoms. The summed E-state index contributed by atoms with van der Waals surface area (Å²) in [5.41, 5.74) is 4.27. The van der Waals surface area contributed by atoms with Gasteiger partial charge in [0.25, 0.3) is 5.91 Å². The van der Waals surface area contributed by atoms with Gasteiger partial charge < -0.3 is 9.64 Å². The zero-order valence-electron chi connectivity index (χ0n) is 18.4. The molecule has 3 aromatic carbocycles. The van der Waals surface area contributed by atoms with E-state index < -0.39 is 5.97 Å². The summed E-state index contributed by atoms with van der Waals surface area (Å²) in [7, 11) is 0. The summed E-state index contributed by atoms with van der Waals surface area (Å²) in [5.74, 6) is -0.852. The van der Waals surface area contributed by atoms with E-state index in [1.54, 1.807) is 40.0 Å². The zero-order chi connectivity index (χ0) is 23.5. The highest BCUT2D eigenvalue weighted by Gasteiger charge is 2.25. The Morgan fingerprint density at radius 1 is 0.941 bits per heavy atom. The minimum Gasteiger partial charge on any atom is -0.452 e. The van der Waals surface area contributed by atoms with Gasteiger partial charge in [0.05, 0.1) is 5.69 Å². The van der Waals surface area contributed by atoms with Crippen molar-refractivity contribution in [2.24, 2.45) is 0 Å². The number of hydrogen-bond acceptors (Lipinski definition) is 4. The third kappa shape index (κ3) is 4.45. The number of hydrogen-bond donors (Lipinski definition) is 0. The second kappa shape index (κ2) is 9.53. The molecule has 0 N–H and O–H groups in total. The number of benzene rings is 3.